The van der Waals surface area contributed by atoms with Gasteiger partial charge in [-0.05, 0) is 130 Å². The van der Waals surface area contributed by atoms with Crippen molar-refractivity contribution in [2.24, 2.45) is 47.3 Å². The average molecular weight is 793 g/mol. The summed E-state index contributed by atoms with van der Waals surface area (Å²) < 4.78 is 21.2. The van der Waals surface area contributed by atoms with Crippen LogP contribution in [0.4, 0.5) is 0 Å². The first-order valence-electron chi connectivity index (χ1n) is 21.0. The van der Waals surface area contributed by atoms with Crippen molar-refractivity contribution in [1.82, 2.24) is 0 Å². The molecule has 0 bridgehead atoms. The average Bonchev–Trinajstić information content (AvgIpc) is 3.76. The number of rotatable bonds is 12. The molecule has 4 aliphatic rings. The zero-order valence-corrected chi connectivity index (χ0v) is 35.9. The third kappa shape index (κ3) is 9.72. The number of hydrogen-bond donors (Lipinski definition) is 4. The van der Waals surface area contributed by atoms with Gasteiger partial charge in [0.1, 0.15) is 0 Å². The second-order valence-electron chi connectivity index (χ2n) is 18.2. The number of carbonyl (C=O) groups excluding carboxylic acids is 4. The first-order valence-corrected chi connectivity index (χ1v) is 21.0. The van der Waals surface area contributed by atoms with Crippen molar-refractivity contribution in [3.8, 4) is 0 Å². The molecule has 4 saturated carbocycles. The minimum Gasteiger partial charge on any atom is -0.461 e. The molecular formula is C44H72O12. The zero-order valence-electron chi connectivity index (χ0n) is 35.9. The van der Waals surface area contributed by atoms with Crippen LogP contribution in [-0.4, -0.2) is 91.1 Å². The van der Waals surface area contributed by atoms with Crippen molar-refractivity contribution < 1.29 is 58.6 Å². The Morgan fingerprint density at radius 1 is 0.393 bits per heavy atom. The summed E-state index contributed by atoms with van der Waals surface area (Å²) in [6.07, 6.45) is 11.4. The van der Waals surface area contributed by atoms with E-state index in [1.807, 2.05) is 27.7 Å². The molecule has 0 aromatic carbocycles. The van der Waals surface area contributed by atoms with Crippen LogP contribution in [0.3, 0.4) is 0 Å². The maximum absolute atomic E-state index is 12.6. The molecule has 0 aromatic rings. The lowest BCUT2D eigenvalue weighted by atomic mass is 9.81. The maximum Gasteiger partial charge on any atom is 0.339 e. The fourth-order valence-corrected chi connectivity index (χ4v) is 9.09. The first-order chi connectivity index (χ1) is 25.9. The van der Waals surface area contributed by atoms with Gasteiger partial charge >= 0.3 is 23.9 Å². The number of ether oxygens (including phenoxy) is 4. The van der Waals surface area contributed by atoms with Crippen LogP contribution < -0.4 is 0 Å². The van der Waals surface area contributed by atoms with E-state index in [4.69, 9.17) is 18.9 Å². The van der Waals surface area contributed by atoms with E-state index in [-0.39, 0.29) is 48.1 Å². The van der Waals surface area contributed by atoms with Crippen molar-refractivity contribution >= 4 is 23.9 Å². The molecule has 0 aromatic heterocycles. The smallest absolute Gasteiger partial charge is 0.339 e. The highest BCUT2D eigenvalue weighted by molar-refractivity contribution is 5.83. The minimum absolute atomic E-state index is 0.222. The van der Waals surface area contributed by atoms with Crippen molar-refractivity contribution in [2.45, 2.75) is 181 Å². The van der Waals surface area contributed by atoms with Crippen molar-refractivity contribution in [2.75, 3.05) is 0 Å². The monoisotopic (exact) mass is 793 g/mol. The number of aliphatic hydroxyl groups is 4. The normalized spacial score (nSPS) is 38.5. The highest BCUT2D eigenvalue weighted by Gasteiger charge is 2.57. The lowest BCUT2D eigenvalue weighted by molar-refractivity contribution is -0.177. The van der Waals surface area contributed by atoms with Crippen molar-refractivity contribution in [3.63, 3.8) is 0 Å². The molecule has 12 atom stereocenters. The molecule has 0 aliphatic heterocycles. The largest absolute Gasteiger partial charge is 0.461 e. The molecule has 12 heteroatoms. The summed E-state index contributed by atoms with van der Waals surface area (Å²) in [5.74, 6) is -4.92. The molecule has 320 valence electrons. The van der Waals surface area contributed by atoms with Crippen molar-refractivity contribution in [1.29, 1.82) is 0 Å². The van der Waals surface area contributed by atoms with Gasteiger partial charge in [-0.15, -0.1) is 0 Å². The molecule has 0 amide bonds. The van der Waals surface area contributed by atoms with E-state index in [2.05, 4.69) is 0 Å². The third-order valence-electron chi connectivity index (χ3n) is 12.7. The number of hydrogen-bond acceptors (Lipinski definition) is 12. The van der Waals surface area contributed by atoms with E-state index in [1.165, 1.54) is 0 Å². The molecular weight excluding hydrogens is 720 g/mol. The molecule has 4 aliphatic carbocycles. The number of carbonyl (C=O) groups is 4. The summed E-state index contributed by atoms with van der Waals surface area (Å²) >= 11 is 0. The summed E-state index contributed by atoms with van der Waals surface area (Å²) in [7, 11) is 0. The lowest BCUT2D eigenvalue weighted by Gasteiger charge is -2.32. The molecule has 56 heavy (non-hydrogen) atoms. The highest BCUT2D eigenvalue weighted by atomic mass is 16.6. The Kier molecular flexibility index (Phi) is 16.0. The van der Waals surface area contributed by atoms with Gasteiger partial charge in [-0.3, -0.25) is 0 Å². The fraction of sp³-hybridized carbons (Fsp3) is 0.818. The molecule has 0 radical (unpaired) electrons. The predicted molar refractivity (Wildman–Crippen MR) is 211 cm³/mol. The summed E-state index contributed by atoms with van der Waals surface area (Å²) in [4.78, 5) is 50.3. The molecule has 0 saturated heterocycles. The van der Waals surface area contributed by atoms with E-state index >= 15 is 0 Å². The van der Waals surface area contributed by atoms with Gasteiger partial charge in [0.05, 0.1) is 24.4 Å². The Morgan fingerprint density at radius 3 is 0.696 bits per heavy atom. The van der Waals surface area contributed by atoms with Gasteiger partial charge in [-0.1, -0.05) is 52.0 Å². The summed E-state index contributed by atoms with van der Waals surface area (Å²) in [5.41, 5.74) is -6.33. The van der Waals surface area contributed by atoms with E-state index in [0.717, 1.165) is 0 Å². The predicted octanol–water partition coefficient (Wildman–Crippen LogP) is 6.00. The van der Waals surface area contributed by atoms with Crippen LogP contribution in [0.2, 0.25) is 0 Å². The van der Waals surface area contributed by atoms with Gasteiger partial charge in [0.15, 0.2) is 22.4 Å². The summed E-state index contributed by atoms with van der Waals surface area (Å²) in [5, 5.41) is 44.6. The second kappa shape index (κ2) is 18.9. The fourth-order valence-electron chi connectivity index (χ4n) is 9.09. The molecule has 0 spiro atoms. The third-order valence-corrected chi connectivity index (χ3v) is 12.7. The highest BCUT2D eigenvalue weighted by Crippen LogP contribution is 2.47. The minimum atomic E-state index is -1.58. The van der Waals surface area contributed by atoms with Crippen LogP contribution >= 0.6 is 0 Å². The van der Waals surface area contributed by atoms with E-state index < -0.39 is 70.0 Å². The lowest BCUT2D eigenvalue weighted by Crippen LogP contribution is -2.49. The van der Waals surface area contributed by atoms with Crippen LogP contribution in [0, 0.1) is 47.3 Å². The quantitative estimate of drug-likeness (QED) is 0.103. The van der Waals surface area contributed by atoms with E-state index in [1.54, 1.807) is 79.7 Å². The Bertz CT molecular complexity index is 1230. The Labute approximate surface area is 334 Å². The summed E-state index contributed by atoms with van der Waals surface area (Å²) in [6, 6.07) is 0. The Morgan fingerprint density at radius 2 is 0.554 bits per heavy atom. The van der Waals surface area contributed by atoms with Gasteiger partial charge < -0.3 is 39.4 Å². The maximum atomic E-state index is 12.6. The van der Waals surface area contributed by atoms with Crippen molar-refractivity contribution in [3.05, 3.63) is 24.3 Å². The van der Waals surface area contributed by atoms with Gasteiger partial charge in [0, 0.05) is 23.7 Å². The van der Waals surface area contributed by atoms with Gasteiger partial charge in [-0.25, -0.2) is 19.2 Å². The molecule has 4 rings (SSSR count). The van der Waals surface area contributed by atoms with Gasteiger partial charge in [-0.2, -0.15) is 0 Å². The SMILES string of the molecule is CC(C)OC(=O)[C@@]1(O)[C@H](/C=C/[C@H]2CC[C@@H](C)[C@]2(O)C(=O)OC(C)C)CC[C@@H]1C.CC(C)OC(=O)[C@@]1(O)[C@H](/C=C/[C@H]2CC[C@@H](C)[C@]2(O)C(=O)OC(C)C)CC[C@@H]1C. The molecule has 0 heterocycles. The molecule has 4 fully saturated rings. The van der Waals surface area contributed by atoms with Crippen LogP contribution in [0.25, 0.3) is 0 Å². The van der Waals surface area contributed by atoms with Crippen LogP contribution in [0.5, 0.6) is 0 Å². The van der Waals surface area contributed by atoms with E-state index in [0.29, 0.717) is 51.4 Å². The zero-order chi connectivity index (χ0) is 42.6. The standard InChI is InChI=1S/2C22H36O6/c2*1-13(2)27-19(23)21(25)15(5)7-9-17(21)11-12-18-10-8-16(6)22(18,26)20(24)28-14(3)4/h2*11-18,25-26H,7-10H2,1-6H3/b2*12-11+/t2*15-,16+,17-,18+,21-,22+. The van der Waals surface area contributed by atoms with Crippen LogP contribution in [0.15, 0.2) is 24.3 Å². The molecule has 4 N–H and O–H groups in total. The van der Waals surface area contributed by atoms with Gasteiger partial charge in [0.25, 0.3) is 0 Å². The molecule has 12 nitrogen and oxygen atoms in total. The van der Waals surface area contributed by atoms with Crippen LogP contribution in [0.1, 0.15) is 134 Å². The summed E-state index contributed by atoms with van der Waals surface area (Å²) in [6.45, 7) is 21.5. The Hall–Kier alpha value is -2.80. The molecule has 0 unspecified atom stereocenters. The first kappa shape index (κ1) is 47.6. The number of esters is 4. The second-order valence-corrected chi connectivity index (χ2v) is 18.2. The van der Waals surface area contributed by atoms with Crippen LogP contribution in [-0.2, 0) is 38.1 Å². The topological polar surface area (TPSA) is 186 Å². The van der Waals surface area contributed by atoms with Gasteiger partial charge in [0.2, 0.25) is 0 Å². The van der Waals surface area contributed by atoms with E-state index in [9.17, 15) is 39.6 Å². The Balaban J connectivity index is 0.000000300.